The molecule has 0 aromatic carbocycles. The summed E-state index contributed by atoms with van der Waals surface area (Å²) in [5, 5.41) is 7.71. The van der Waals surface area contributed by atoms with Crippen LogP contribution in [0.15, 0.2) is 18.3 Å². The zero-order chi connectivity index (χ0) is 9.26. The summed E-state index contributed by atoms with van der Waals surface area (Å²) in [5.41, 5.74) is 1.39. The molecule has 0 aliphatic carbocycles. The van der Waals surface area contributed by atoms with Gasteiger partial charge in [-0.05, 0) is 31.2 Å². The Balaban J connectivity index is 2.46. The van der Waals surface area contributed by atoms with E-state index in [0.29, 0.717) is 5.65 Å². The van der Waals surface area contributed by atoms with Crippen LogP contribution in [0, 0.1) is 0 Å². The largest absolute Gasteiger partial charge is 0.391 e. The zero-order valence-electron chi connectivity index (χ0n) is 7.51. The van der Waals surface area contributed by atoms with Crippen LogP contribution in [0.1, 0.15) is 13.8 Å². The molecule has 2 aromatic heterocycles. The van der Waals surface area contributed by atoms with Crippen LogP contribution in [0.3, 0.4) is 0 Å². The Hall–Kier alpha value is -1.65. The predicted octanol–water partition coefficient (Wildman–Crippen LogP) is 0.663. The van der Waals surface area contributed by atoms with Crippen molar-refractivity contribution in [2.75, 3.05) is 0 Å². The predicted molar refractivity (Wildman–Crippen MR) is 47.0 cm³/mol. The average molecular weight is 178 g/mol. The molecule has 5 heteroatoms. The number of pyridine rings is 1. The molecule has 0 unspecified atom stereocenters. The van der Waals surface area contributed by atoms with Crippen LogP contribution in [0.2, 0.25) is 0 Å². The fourth-order valence-corrected chi connectivity index (χ4v) is 1.02. The molecular formula is C8H10N4O. The monoisotopic (exact) mass is 178 g/mol. The Labute approximate surface area is 75.3 Å². The normalized spacial score (nSPS) is 11.0. The summed E-state index contributed by atoms with van der Waals surface area (Å²) in [6, 6.07) is 3.66. The Morgan fingerprint density at radius 1 is 1.46 bits per heavy atom. The summed E-state index contributed by atoms with van der Waals surface area (Å²) in [5.74, 6) is 0. The second-order valence-electron chi connectivity index (χ2n) is 2.96. The number of fused-ring (bicyclic) bond motifs is 1. The van der Waals surface area contributed by atoms with Crippen LogP contribution in [0.25, 0.3) is 11.2 Å². The quantitative estimate of drug-likeness (QED) is 0.678. The average Bonchev–Trinajstić information content (AvgIpc) is 2.48. The molecule has 0 bridgehead atoms. The summed E-state index contributed by atoms with van der Waals surface area (Å²) in [7, 11) is 0. The lowest BCUT2D eigenvalue weighted by molar-refractivity contribution is 0.0397. The van der Waals surface area contributed by atoms with Gasteiger partial charge in [0.2, 0.25) is 5.65 Å². The molecule has 2 rings (SSSR count). The molecule has 0 saturated heterocycles. The second-order valence-corrected chi connectivity index (χ2v) is 2.96. The molecule has 2 aromatic rings. The molecule has 13 heavy (non-hydrogen) atoms. The highest BCUT2D eigenvalue weighted by atomic mass is 16.7. The van der Waals surface area contributed by atoms with E-state index >= 15 is 0 Å². The first kappa shape index (κ1) is 7.97. The van der Waals surface area contributed by atoms with Gasteiger partial charge in [-0.2, -0.15) is 0 Å². The maximum Gasteiger partial charge on any atom is 0.219 e. The van der Waals surface area contributed by atoms with Crippen molar-refractivity contribution in [3.8, 4) is 0 Å². The van der Waals surface area contributed by atoms with Crippen molar-refractivity contribution in [2.45, 2.75) is 20.0 Å². The highest BCUT2D eigenvalue weighted by Gasteiger charge is 2.06. The Bertz CT molecular complexity index is 409. The van der Waals surface area contributed by atoms with E-state index in [4.69, 9.17) is 4.84 Å². The van der Waals surface area contributed by atoms with Crippen LogP contribution >= 0.6 is 0 Å². The van der Waals surface area contributed by atoms with Crippen LogP contribution in [-0.2, 0) is 0 Å². The molecule has 0 radical (unpaired) electrons. The highest BCUT2D eigenvalue weighted by molar-refractivity contribution is 5.68. The molecule has 0 amide bonds. The summed E-state index contributed by atoms with van der Waals surface area (Å²) in [6.45, 7) is 3.85. The van der Waals surface area contributed by atoms with Gasteiger partial charge in [0.15, 0.2) is 0 Å². The van der Waals surface area contributed by atoms with Crippen molar-refractivity contribution in [3.05, 3.63) is 18.3 Å². The van der Waals surface area contributed by atoms with Gasteiger partial charge in [0.1, 0.15) is 11.6 Å². The first-order valence-corrected chi connectivity index (χ1v) is 4.11. The van der Waals surface area contributed by atoms with Crippen molar-refractivity contribution in [1.82, 2.24) is 20.1 Å². The SMILES string of the molecule is CC(C)On1nnc2cccnc21. The molecular weight excluding hydrogens is 168 g/mol. The minimum atomic E-state index is 0.0620. The van der Waals surface area contributed by atoms with E-state index in [-0.39, 0.29) is 6.10 Å². The Morgan fingerprint density at radius 2 is 2.31 bits per heavy atom. The Morgan fingerprint density at radius 3 is 3.08 bits per heavy atom. The van der Waals surface area contributed by atoms with Gasteiger partial charge in [0, 0.05) is 6.20 Å². The maximum atomic E-state index is 5.35. The molecule has 0 saturated carbocycles. The lowest BCUT2D eigenvalue weighted by atomic mass is 10.4. The molecule has 0 aliphatic rings. The van der Waals surface area contributed by atoms with Crippen LogP contribution in [0.5, 0.6) is 0 Å². The van der Waals surface area contributed by atoms with E-state index in [2.05, 4.69) is 15.3 Å². The number of hydrogen-bond donors (Lipinski definition) is 0. The van der Waals surface area contributed by atoms with E-state index < -0.39 is 0 Å². The third-order valence-electron chi connectivity index (χ3n) is 1.49. The molecule has 2 heterocycles. The fourth-order valence-electron chi connectivity index (χ4n) is 1.02. The van der Waals surface area contributed by atoms with E-state index in [1.807, 2.05) is 26.0 Å². The molecule has 0 spiro atoms. The number of hydrogen-bond acceptors (Lipinski definition) is 4. The van der Waals surface area contributed by atoms with Gasteiger partial charge in [0.25, 0.3) is 0 Å². The van der Waals surface area contributed by atoms with Crippen LogP contribution < -0.4 is 4.84 Å². The summed E-state index contributed by atoms with van der Waals surface area (Å²) in [4.78, 5) is 10.8. The lowest BCUT2D eigenvalue weighted by Crippen LogP contribution is -2.20. The number of aromatic nitrogens is 4. The standard InChI is InChI=1S/C8H10N4O/c1-6(2)13-12-8-7(10-11-12)4-3-5-9-8/h3-6H,1-2H3. The lowest BCUT2D eigenvalue weighted by Gasteiger charge is -2.06. The van der Waals surface area contributed by atoms with E-state index in [9.17, 15) is 0 Å². The summed E-state index contributed by atoms with van der Waals surface area (Å²) in [6.07, 6.45) is 1.75. The van der Waals surface area contributed by atoms with Crippen molar-refractivity contribution < 1.29 is 4.84 Å². The molecule has 68 valence electrons. The third-order valence-corrected chi connectivity index (χ3v) is 1.49. The summed E-state index contributed by atoms with van der Waals surface area (Å²) < 4.78 is 0. The van der Waals surface area contributed by atoms with Gasteiger partial charge in [-0.3, -0.25) is 0 Å². The van der Waals surface area contributed by atoms with Gasteiger partial charge in [-0.25, -0.2) is 4.98 Å². The van der Waals surface area contributed by atoms with E-state index in [0.717, 1.165) is 5.52 Å². The minimum absolute atomic E-state index is 0.0620. The van der Waals surface area contributed by atoms with Gasteiger partial charge in [0.05, 0.1) is 0 Å². The minimum Gasteiger partial charge on any atom is -0.391 e. The van der Waals surface area contributed by atoms with Crippen molar-refractivity contribution in [1.29, 1.82) is 0 Å². The van der Waals surface area contributed by atoms with Crippen molar-refractivity contribution in [3.63, 3.8) is 0 Å². The highest BCUT2D eigenvalue weighted by Crippen LogP contribution is 2.04. The number of nitrogens with zero attached hydrogens (tertiary/aromatic N) is 4. The van der Waals surface area contributed by atoms with Gasteiger partial charge < -0.3 is 4.84 Å². The molecule has 0 N–H and O–H groups in total. The smallest absolute Gasteiger partial charge is 0.219 e. The zero-order valence-corrected chi connectivity index (χ0v) is 7.51. The van der Waals surface area contributed by atoms with Gasteiger partial charge in [-0.15, -0.1) is 5.10 Å². The number of rotatable bonds is 2. The Kier molecular flexibility index (Phi) is 1.84. The molecule has 0 atom stereocenters. The van der Waals surface area contributed by atoms with Crippen molar-refractivity contribution in [2.24, 2.45) is 0 Å². The van der Waals surface area contributed by atoms with E-state index in [1.165, 1.54) is 4.85 Å². The third kappa shape index (κ3) is 1.44. The maximum absolute atomic E-state index is 5.35. The molecule has 0 fully saturated rings. The van der Waals surface area contributed by atoms with E-state index in [1.54, 1.807) is 6.20 Å². The second kappa shape index (κ2) is 3.01. The van der Waals surface area contributed by atoms with Crippen molar-refractivity contribution >= 4 is 11.2 Å². The summed E-state index contributed by atoms with van der Waals surface area (Å²) >= 11 is 0. The fraction of sp³-hybridized carbons (Fsp3) is 0.375. The topological polar surface area (TPSA) is 52.8 Å². The first-order valence-electron chi connectivity index (χ1n) is 4.11. The van der Waals surface area contributed by atoms with Crippen LogP contribution in [0.4, 0.5) is 0 Å². The van der Waals surface area contributed by atoms with Gasteiger partial charge in [-0.1, -0.05) is 4.85 Å². The van der Waals surface area contributed by atoms with Crippen LogP contribution in [-0.4, -0.2) is 26.2 Å². The molecule has 5 nitrogen and oxygen atoms in total. The molecule has 0 aliphatic heterocycles. The van der Waals surface area contributed by atoms with Gasteiger partial charge >= 0.3 is 0 Å². The first-order chi connectivity index (χ1) is 6.27.